The highest BCUT2D eigenvalue weighted by molar-refractivity contribution is 6.49. The standard InChI is InChI=1S/C17H7Cl6N/c18-12-2-8(3-13(19)16(12)22)10-1-11(7-24-6-10)9-4-14(20)17(23)15(21)5-9/h1-7H. The number of hydrogen-bond donors (Lipinski definition) is 0. The Balaban J connectivity index is 2.10. The lowest BCUT2D eigenvalue weighted by molar-refractivity contribution is 1.33. The number of aromatic nitrogens is 1. The Morgan fingerprint density at radius 2 is 0.792 bits per heavy atom. The van der Waals surface area contributed by atoms with Gasteiger partial charge in [0.05, 0.1) is 30.1 Å². The second kappa shape index (κ2) is 7.29. The number of nitrogens with zero attached hydrogens (tertiary/aromatic N) is 1. The molecule has 24 heavy (non-hydrogen) atoms. The van der Waals surface area contributed by atoms with Gasteiger partial charge < -0.3 is 0 Å². The van der Waals surface area contributed by atoms with E-state index in [1.807, 2.05) is 6.07 Å². The quantitative estimate of drug-likeness (QED) is 0.367. The molecule has 0 atom stereocenters. The number of rotatable bonds is 2. The van der Waals surface area contributed by atoms with Gasteiger partial charge in [-0.2, -0.15) is 0 Å². The van der Waals surface area contributed by atoms with Crippen molar-refractivity contribution in [1.29, 1.82) is 0 Å². The van der Waals surface area contributed by atoms with E-state index >= 15 is 0 Å². The van der Waals surface area contributed by atoms with Crippen LogP contribution in [0.5, 0.6) is 0 Å². The second-order valence-corrected chi connectivity index (χ2v) is 7.35. The molecule has 0 aliphatic rings. The minimum absolute atomic E-state index is 0.322. The summed E-state index contributed by atoms with van der Waals surface area (Å²) in [4.78, 5) is 4.26. The molecule has 0 amide bonds. The van der Waals surface area contributed by atoms with Crippen LogP contribution in [-0.4, -0.2) is 4.98 Å². The first-order chi connectivity index (χ1) is 11.4. The van der Waals surface area contributed by atoms with Crippen molar-refractivity contribution in [3.63, 3.8) is 0 Å². The fraction of sp³-hybridized carbons (Fsp3) is 0. The molecule has 0 radical (unpaired) electrons. The average Bonchev–Trinajstić information content (AvgIpc) is 2.56. The number of halogens is 6. The van der Waals surface area contributed by atoms with E-state index in [9.17, 15) is 0 Å². The summed E-state index contributed by atoms with van der Waals surface area (Å²) in [5.74, 6) is 0. The van der Waals surface area contributed by atoms with Gasteiger partial charge in [0.1, 0.15) is 0 Å². The first kappa shape index (κ1) is 18.1. The summed E-state index contributed by atoms with van der Waals surface area (Å²) in [5, 5.41) is 2.15. The minimum Gasteiger partial charge on any atom is -0.263 e. The molecule has 1 aromatic heterocycles. The lowest BCUT2D eigenvalue weighted by atomic mass is 10.0. The molecular formula is C17H7Cl6N. The Kier molecular flexibility index (Phi) is 5.51. The van der Waals surface area contributed by atoms with Gasteiger partial charge in [-0.1, -0.05) is 69.6 Å². The van der Waals surface area contributed by atoms with Crippen LogP contribution in [0, 0.1) is 0 Å². The SMILES string of the molecule is Clc1cc(-c2cncc(-c3cc(Cl)c(Cl)c(Cl)c3)c2)cc(Cl)c1Cl. The van der Waals surface area contributed by atoms with Crippen molar-refractivity contribution in [2.45, 2.75) is 0 Å². The van der Waals surface area contributed by atoms with E-state index in [-0.39, 0.29) is 0 Å². The summed E-state index contributed by atoms with van der Waals surface area (Å²) in [5.41, 5.74) is 3.26. The number of hydrogen-bond acceptors (Lipinski definition) is 1. The number of pyridine rings is 1. The van der Waals surface area contributed by atoms with Crippen LogP contribution in [0.15, 0.2) is 42.7 Å². The van der Waals surface area contributed by atoms with Gasteiger partial charge in [-0.3, -0.25) is 4.98 Å². The summed E-state index contributed by atoms with van der Waals surface area (Å²) in [6, 6.07) is 8.87. The highest BCUT2D eigenvalue weighted by atomic mass is 35.5. The smallest absolute Gasteiger partial charge is 0.0778 e. The second-order valence-electron chi connectivity index (χ2n) is 4.97. The molecule has 1 heterocycles. The molecule has 122 valence electrons. The summed E-state index contributed by atoms with van der Waals surface area (Å²) >= 11 is 36.4. The van der Waals surface area contributed by atoms with Crippen LogP contribution in [-0.2, 0) is 0 Å². The zero-order valence-electron chi connectivity index (χ0n) is 11.8. The lowest BCUT2D eigenvalue weighted by Gasteiger charge is -2.09. The molecule has 0 fully saturated rings. The Morgan fingerprint density at radius 1 is 0.458 bits per heavy atom. The molecule has 0 unspecified atom stereocenters. The molecule has 0 saturated heterocycles. The van der Waals surface area contributed by atoms with Crippen molar-refractivity contribution >= 4 is 69.6 Å². The highest BCUT2D eigenvalue weighted by Gasteiger charge is 2.11. The van der Waals surface area contributed by atoms with Gasteiger partial charge in [-0.05, 0) is 41.5 Å². The Labute approximate surface area is 169 Å². The summed E-state index contributed by atoms with van der Waals surface area (Å²) in [6.45, 7) is 0. The summed E-state index contributed by atoms with van der Waals surface area (Å²) < 4.78 is 0. The summed E-state index contributed by atoms with van der Waals surface area (Å²) in [6.07, 6.45) is 3.41. The largest absolute Gasteiger partial charge is 0.263 e. The molecule has 0 bridgehead atoms. The predicted octanol–water partition coefficient (Wildman–Crippen LogP) is 8.34. The Morgan fingerprint density at radius 3 is 1.12 bits per heavy atom. The first-order valence-corrected chi connectivity index (χ1v) is 8.88. The van der Waals surface area contributed by atoms with Gasteiger partial charge in [-0.15, -0.1) is 0 Å². The topological polar surface area (TPSA) is 12.9 Å². The van der Waals surface area contributed by atoms with Crippen molar-refractivity contribution in [3.8, 4) is 22.3 Å². The van der Waals surface area contributed by atoms with Crippen LogP contribution in [0.3, 0.4) is 0 Å². The van der Waals surface area contributed by atoms with Gasteiger partial charge >= 0.3 is 0 Å². The van der Waals surface area contributed by atoms with Gasteiger partial charge in [0.25, 0.3) is 0 Å². The van der Waals surface area contributed by atoms with Crippen molar-refractivity contribution < 1.29 is 0 Å². The van der Waals surface area contributed by atoms with E-state index in [1.54, 1.807) is 36.7 Å². The molecule has 0 N–H and O–H groups in total. The Bertz CT molecular complexity index is 819. The number of benzene rings is 2. The zero-order chi connectivity index (χ0) is 17.4. The molecule has 3 rings (SSSR count). The third-order valence-electron chi connectivity index (χ3n) is 3.37. The van der Waals surface area contributed by atoms with Gasteiger partial charge in [-0.25, -0.2) is 0 Å². The maximum atomic E-state index is 6.10. The Hall–Kier alpha value is -0.670. The molecule has 0 aliphatic heterocycles. The molecule has 0 saturated carbocycles. The highest BCUT2D eigenvalue weighted by Crippen LogP contribution is 2.38. The summed E-state index contributed by atoms with van der Waals surface area (Å²) in [7, 11) is 0. The molecule has 0 spiro atoms. The van der Waals surface area contributed by atoms with E-state index in [0.29, 0.717) is 30.1 Å². The van der Waals surface area contributed by atoms with Crippen LogP contribution in [0.4, 0.5) is 0 Å². The normalized spacial score (nSPS) is 10.9. The van der Waals surface area contributed by atoms with Crippen molar-refractivity contribution in [1.82, 2.24) is 4.98 Å². The molecule has 2 aromatic carbocycles. The van der Waals surface area contributed by atoms with Crippen LogP contribution in [0.25, 0.3) is 22.3 Å². The van der Waals surface area contributed by atoms with Gasteiger partial charge in [0.15, 0.2) is 0 Å². The third-order valence-corrected chi connectivity index (χ3v) is 5.77. The molecule has 0 aliphatic carbocycles. The van der Waals surface area contributed by atoms with E-state index in [4.69, 9.17) is 69.6 Å². The van der Waals surface area contributed by atoms with Crippen LogP contribution < -0.4 is 0 Å². The van der Waals surface area contributed by atoms with E-state index in [0.717, 1.165) is 22.3 Å². The molecular weight excluding hydrogens is 431 g/mol. The molecule has 7 heteroatoms. The fourth-order valence-electron chi connectivity index (χ4n) is 2.20. The average molecular weight is 438 g/mol. The first-order valence-electron chi connectivity index (χ1n) is 6.61. The van der Waals surface area contributed by atoms with Crippen LogP contribution >= 0.6 is 69.6 Å². The maximum Gasteiger partial charge on any atom is 0.0778 e. The van der Waals surface area contributed by atoms with Crippen molar-refractivity contribution in [3.05, 3.63) is 72.9 Å². The molecule has 1 nitrogen and oxygen atoms in total. The van der Waals surface area contributed by atoms with E-state index in [1.165, 1.54) is 0 Å². The van der Waals surface area contributed by atoms with E-state index in [2.05, 4.69) is 4.98 Å². The lowest BCUT2D eigenvalue weighted by Crippen LogP contribution is -1.86. The van der Waals surface area contributed by atoms with Crippen LogP contribution in [0.2, 0.25) is 30.1 Å². The van der Waals surface area contributed by atoms with Gasteiger partial charge in [0, 0.05) is 23.5 Å². The fourth-order valence-corrected chi connectivity index (χ4v) is 3.39. The zero-order valence-corrected chi connectivity index (χ0v) is 16.3. The van der Waals surface area contributed by atoms with Gasteiger partial charge in [0.2, 0.25) is 0 Å². The predicted molar refractivity (Wildman–Crippen MR) is 105 cm³/mol. The third kappa shape index (κ3) is 3.62. The van der Waals surface area contributed by atoms with E-state index < -0.39 is 0 Å². The maximum absolute atomic E-state index is 6.10. The van der Waals surface area contributed by atoms with Crippen LogP contribution in [0.1, 0.15) is 0 Å². The van der Waals surface area contributed by atoms with Crippen molar-refractivity contribution in [2.75, 3.05) is 0 Å². The monoisotopic (exact) mass is 435 g/mol. The van der Waals surface area contributed by atoms with Crippen molar-refractivity contribution in [2.24, 2.45) is 0 Å². The minimum atomic E-state index is 0.322. The molecule has 3 aromatic rings.